The lowest BCUT2D eigenvalue weighted by atomic mass is 10.2. The van der Waals surface area contributed by atoms with Crippen LogP contribution in [0.2, 0.25) is 0 Å². The van der Waals surface area contributed by atoms with Crippen LogP contribution in [0, 0.1) is 5.82 Å². The number of amides is 1. The molecule has 0 aliphatic rings. The molecule has 0 radical (unpaired) electrons. The second-order valence-electron chi connectivity index (χ2n) is 4.16. The van der Waals surface area contributed by atoms with E-state index in [2.05, 4.69) is 11.9 Å². The van der Waals surface area contributed by atoms with Crippen LogP contribution in [0.4, 0.5) is 4.39 Å². The summed E-state index contributed by atoms with van der Waals surface area (Å²) in [6.07, 6.45) is 2.75. The summed E-state index contributed by atoms with van der Waals surface area (Å²) in [6, 6.07) is 6.27. The van der Waals surface area contributed by atoms with E-state index in [1.165, 1.54) is 18.2 Å². The summed E-state index contributed by atoms with van der Waals surface area (Å²) in [4.78, 5) is 11.4. The highest BCUT2D eigenvalue weighted by atomic mass is 19.1. The molecule has 0 aliphatic carbocycles. The second-order valence-corrected chi connectivity index (χ2v) is 4.16. The van der Waals surface area contributed by atoms with Crippen LogP contribution in [-0.4, -0.2) is 25.7 Å². The molecule has 1 aromatic rings. The standard InChI is InChI=1S/C15H18FNO2/c1-12(2)11-19-10-9-17-15(18)8-7-13-5-3-4-6-14(13)16/h3-8H,1,9-11H2,2H3,(H,17,18)/b8-7+. The third-order valence-electron chi connectivity index (χ3n) is 2.21. The van der Waals surface area contributed by atoms with E-state index in [9.17, 15) is 9.18 Å². The molecule has 102 valence electrons. The van der Waals surface area contributed by atoms with Gasteiger partial charge in [-0.3, -0.25) is 4.79 Å². The summed E-state index contributed by atoms with van der Waals surface area (Å²) < 4.78 is 18.5. The van der Waals surface area contributed by atoms with Gasteiger partial charge in [0.2, 0.25) is 5.91 Å². The van der Waals surface area contributed by atoms with Gasteiger partial charge in [0.15, 0.2) is 0 Å². The molecule has 0 saturated carbocycles. The lowest BCUT2D eigenvalue weighted by Gasteiger charge is -2.04. The number of hydrogen-bond donors (Lipinski definition) is 1. The van der Waals surface area contributed by atoms with Crippen molar-refractivity contribution in [1.82, 2.24) is 5.32 Å². The number of benzene rings is 1. The van der Waals surface area contributed by atoms with Crippen LogP contribution in [0.25, 0.3) is 6.08 Å². The SMILES string of the molecule is C=C(C)COCCNC(=O)/C=C/c1ccccc1F. The monoisotopic (exact) mass is 263 g/mol. The van der Waals surface area contributed by atoms with Crippen molar-refractivity contribution in [2.45, 2.75) is 6.92 Å². The van der Waals surface area contributed by atoms with Gasteiger partial charge in [0.1, 0.15) is 5.82 Å². The number of rotatable bonds is 7. The van der Waals surface area contributed by atoms with E-state index in [0.29, 0.717) is 25.3 Å². The van der Waals surface area contributed by atoms with Crippen molar-refractivity contribution in [3.63, 3.8) is 0 Å². The maximum absolute atomic E-state index is 13.3. The number of halogens is 1. The van der Waals surface area contributed by atoms with E-state index in [0.717, 1.165) is 5.57 Å². The molecule has 0 heterocycles. The average Bonchev–Trinajstić information content (AvgIpc) is 2.37. The summed E-state index contributed by atoms with van der Waals surface area (Å²) in [5.41, 5.74) is 1.32. The van der Waals surface area contributed by atoms with Gasteiger partial charge >= 0.3 is 0 Å². The summed E-state index contributed by atoms with van der Waals surface area (Å²) >= 11 is 0. The molecule has 19 heavy (non-hydrogen) atoms. The third kappa shape index (κ3) is 6.52. The van der Waals surface area contributed by atoms with Gasteiger partial charge in [-0.15, -0.1) is 0 Å². The van der Waals surface area contributed by atoms with Crippen molar-refractivity contribution in [3.8, 4) is 0 Å². The molecule has 0 atom stereocenters. The zero-order chi connectivity index (χ0) is 14.1. The first kappa shape index (κ1) is 15.1. The maximum Gasteiger partial charge on any atom is 0.244 e. The number of hydrogen-bond acceptors (Lipinski definition) is 2. The highest BCUT2D eigenvalue weighted by Gasteiger charge is 1.98. The average molecular weight is 263 g/mol. The fourth-order valence-electron chi connectivity index (χ4n) is 1.33. The number of carbonyl (C=O) groups excluding carboxylic acids is 1. The van der Waals surface area contributed by atoms with Crippen molar-refractivity contribution in [2.24, 2.45) is 0 Å². The molecule has 0 bridgehead atoms. The van der Waals surface area contributed by atoms with Crippen LogP contribution in [0.3, 0.4) is 0 Å². The van der Waals surface area contributed by atoms with Gasteiger partial charge in [-0.1, -0.05) is 30.4 Å². The maximum atomic E-state index is 13.3. The van der Waals surface area contributed by atoms with Crippen LogP contribution in [0.1, 0.15) is 12.5 Å². The topological polar surface area (TPSA) is 38.3 Å². The fourth-order valence-corrected chi connectivity index (χ4v) is 1.33. The van der Waals surface area contributed by atoms with Crippen LogP contribution >= 0.6 is 0 Å². The van der Waals surface area contributed by atoms with Crippen LogP contribution < -0.4 is 5.32 Å². The molecule has 0 spiro atoms. The minimum absolute atomic E-state index is 0.276. The number of carbonyl (C=O) groups is 1. The van der Waals surface area contributed by atoms with E-state index < -0.39 is 0 Å². The lowest BCUT2D eigenvalue weighted by molar-refractivity contribution is -0.116. The predicted molar refractivity (Wildman–Crippen MR) is 74.1 cm³/mol. The summed E-state index contributed by atoms with van der Waals surface area (Å²) in [5, 5.41) is 2.64. The highest BCUT2D eigenvalue weighted by molar-refractivity contribution is 5.91. The van der Waals surface area contributed by atoms with E-state index in [1.54, 1.807) is 18.2 Å². The van der Waals surface area contributed by atoms with Gasteiger partial charge in [0.25, 0.3) is 0 Å². The summed E-state index contributed by atoms with van der Waals surface area (Å²) in [6.45, 7) is 6.89. The van der Waals surface area contributed by atoms with Gasteiger partial charge in [-0.2, -0.15) is 0 Å². The molecule has 1 rings (SSSR count). The highest BCUT2D eigenvalue weighted by Crippen LogP contribution is 2.07. The van der Waals surface area contributed by atoms with Gasteiger partial charge in [-0.05, 0) is 19.1 Å². The molecule has 0 unspecified atom stereocenters. The smallest absolute Gasteiger partial charge is 0.244 e. The van der Waals surface area contributed by atoms with Gasteiger partial charge in [0.05, 0.1) is 13.2 Å². The summed E-state index contributed by atoms with van der Waals surface area (Å²) in [7, 11) is 0. The molecular formula is C15H18FNO2. The molecule has 4 heteroatoms. The van der Waals surface area contributed by atoms with E-state index in [1.807, 2.05) is 6.92 Å². The van der Waals surface area contributed by atoms with E-state index in [4.69, 9.17) is 4.74 Å². The first-order chi connectivity index (χ1) is 9.09. The molecule has 1 amide bonds. The third-order valence-corrected chi connectivity index (χ3v) is 2.21. The van der Waals surface area contributed by atoms with E-state index in [-0.39, 0.29) is 11.7 Å². The molecule has 1 N–H and O–H groups in total. The first-order valence-corrected chi connectivity index (χ1v) is 6.02. The van der Waals surface area contributed by atoms with Gasteiger partial charge in [-0.25, -0.2) is 4.39 Å². The minimum atomic E-state index is -0.351. The normalized spacial score (nSPS) is 10.6. The van der Waals surface area contributed by atoms with Crippen molar-refractivity contribution in [3.05, 3.63) is 53.9 Å². The van der Waals surface area contributed by atoms with Crippen LogP contribution in [0.15, 0.2) is 42.5 Å². The Labute approximate surface area is 112 Å². The summed E-state index contributed by atoms with van der Waals surface area (Å²) in [5.74, 6) is -0.626. The van der Waals surface area contributed by atoms with Crippen LogP contribution in [-0.2, 0) is 9.53 Å². The number of nitrogens with one attached hydrogen (secondary N) is 1. The largest absolute Gasteiger partial charge is 0.375 e. The Morgan fingerprint density at radius 2 is 2.21 bits per heavy atom. The molecule has 0 aliphatic heterocycles. The first-order valence-electron chi connectivity index (χ1n) is 6.02. The quantitative estimate of drug-likeness (QED) is 0.466. The zero-order valence-corrected chi connectivity index (χ0v) is 11.0. The Kier molecular flexibility index (Phi) is 6.53. The minimum Gasteiger partial charge on any atom is -0.375 e. The predicted octanol–water partition coefficient (Wildman–Crippen LogP) is 2.55. The zero-order valence-electron chi connectivity index (χ0n) is 11.0. The fraction of sp³-hybridized carbons (Fsp3) is 0.267. The van der Waals surface area contributed by atoms with Crippen molar-refractivity contribution < 1.29 is 13.9 Å². The second kappa shape index (κ2) is 8.21. The molecule has 1 aromatic carbocycles. The Hall–Kier alpha value is -1.94. The Bertz CT molecular complexity index is 469. The van der Waals surface area contributed by atoms with Crippen molar-refractivity contribution >= 4 is 12.0 Å². The molecule has 0 fully saturated rings. The van der Waals surface area contributed by atoms with E-state index >= 15 is 0 Å². The Morgan fingerprint density at radius 1 is 1.47 bits per heavy atom. The molecule has 3 nitrogen and oxygen atoms in total. The Balaban J connectivity index is 2.28. The lowest BCUT2D eigenvalue weighted by Crippen LogP contribution is -2.25. The Morgan fingerprint density at radius 3 is 2.89 bits per heavy atom. The van der Waals surface area contributed by atoms with Gasteiger partial charge < -0.3 is 10.1 Å². The molecule has 0 aromatic heterocycles. The number of ether oxygens (including phenoxy) is 1. The van der Waals surface area contributed by atoms with Crippen molar-refractivity contribution in [2.75, 3.05) is 19.8 Å². The van der Waals surface area contributed by atoms with Crippen LogP contribution in [0.5, 0.6) is 0 Å². The molecular weight excluding hydrogens is 245 g/mol. The molecule has 0 saturated heterocycles. The van der Waals surface area contributed by atoms with Gasteiger partial charge in [0, 0.05) is 18.2 Å². The van der Waals surface area contributed by atoms with Crippen molar-refractivity contribution in [1.29, 1.82) is 0 Å².